The van der Waals surface area contributed by atoms with Gasteiger partial charge in [0.1, 0.15) is 0 Å². The molecule has 2 aromatic rings. The van der Waals surface area contributed by atoms with Crippen molar-refractivity contribution < 1.29 is 0 Å². The van der Waals surface area contributed by atoms with Crippen LogP contribution in [0.5, 0.6) is 0 Å². The molecule has 2 aromatic carbocycles. The van der Waals surface area contributed by atoms with Gasteiger partial charge in [-0.15, -0.1) is 0 Å². The molecule has 0 aliphatic carbocycles. The average Bonchev–Trinajstić information content (AvgIpc) is 2.38. The van der Waals surface area contributed by atoms with E-state index in [4.69, 9.17) is 0 Å². The SMILES string of the molecule is Cc1ccc(-c2ccc(CC(C)(C)C)cc2)cc1C(C)C. The summed E-state index contributed by atoms with van der Waals surface area (Å²) in [5.74, 6) is 0.574. The molecule has 0 unspecified atom stereocenters. The Hall–Kier alpha value is -1.56. The number of rotatable bonds is 3. The van der Waals surface area contributed by atoms with Crippen molar-refractivity contribution in [2.75, 3.05) is 0 Å². The standard InChI is InChI=1S/C21H28/c1-15(2)20-13-19(10-7-16(20)3)18-11-8-17(9-12-18)14-21(4,5)6/h7-13,15H,14H2,1-6H3. The zero-order valence-electron chi connectivity index (χ0n) is 14.3. The van der Waals surface area contributed by atoms with Crippen molar-refractivity contribution in [1.29, 1.82) is 0 Å². The van der Waals surface area contributed by atoms with Gasteiger partial charge in [-0.3, -0.25) is 0 Å². The van der Waals surface area contributed by atoms with Crippen LogP contribution in [0.25, 0.3) is 11.1 Å². The summed E-state index contributed by atoms with van der Waals surface area (Å²) in [6.45, 7) is 13.6. The van der Waals surface area contributed by atoms with E-state index in [1.54, 1.807) is 0 Å². The van der Waals surface area contributed by atoms with Crippen LogP contribution in [0.2, 0.25) is 0 Å². The highest BCUT2D eigenvalue weighted by atomic mass is 14.2. The van der Waals surface area contributed by atoms with Gasteiger partial charge in [-0.1, -0.05) is 77.1 Å². The lowest BCUT2D eigenvalue weighted by atomic mass is 9.87. The van der Waals surface area contributed by atoms with E-state index in [0.29, 0.717) is 11.3 Å². The van der Waals surface area contributed by atoms with Crippen molar-refractivity contribution in [2.24, 2.45) is 5.41 Å². The number of hydrogen-bond donors (Lipinski definition) is 0. The third-order valence-corrected chi connectivity index (χ3v) is 3.92. The molecule has 0 amide bonds. The number of benzene rings is 2. The van der Waals surface area contributed by atoms with Gasteiger partial charge >= 0.3 is 0 Å². The molecule has 0 heterocycles. The highest BCUT2D eigenvalue weighted by Crippen LogP contribution is 2.28. The van der Waals surface area contributed by atoms with Crippen molar-refractivity contribution in [3.05, 3.63) is 59.2 Å². The van der Waals surface area contributed by atoms with E-state index in [1.807, 2.05) is 0 Å². The molecule has 0 spiro atoms. The normalized spacial score (nSPS) is 12.0. The Bertz CT molecular complexity index is 595. The minimum absolute atomic E-state index is 0.343. The molecule has 0 N–H and O–H groups in total. The van der Waals surface area contributed by atoms with Crippen molar-refractivity contribution >= 4 is 0 Å². The van der Waals surface area contributed by atoms with E-state index < -0.39 is 0 Å². The number of hydrogen-bond acceptors (Lipinski definition) is 0. The van der Waals surface area contributed by atoms with E-state index >= 15 is 0 Å². The minimum Gasteiger partial charge on any atom is -0.0599 e. The molecule has 0 radical (unpaired) electrons. The topological polar surface area (TPSA) is 0 Å². The Morgan fingerprint density at radius 1 is 0.857 bits per heavy atom. The molecule has 0 aliphatic heterocycles. The quantitative estimate of drug-likeness (QED) is 0.612. The van der Waals surface area contributed by atoms with Gasteiger partial charge in [0.15, 0.2) is 0 Å². The molecule has 0 bridgehead atoms. The Labute approximate surface area is 130 Å². The van der Waals surface area contributed by atoms with Crippen LogP contribution in [-0.2, 0) is 6.42 Å². The maximum Gasteiger partial charge on any atom is -0.0181 e. The van der Waals surface area contributed by atoms with Gasteiger partial charge in [0.2, 0.25) is 0 Å². The van der Waals surface area contributed by atoms with E-state index in [-0.39, 0.29) is 0 Å². The van der Waals surface area contributed by atoms with Crippen LogP contribution in [0.4, 0.5) is 0 Å². The maximum absolute atomic E-state index is 2.35. The van der Waals surface area contributed by atoms with Crippen molar-refractivity contribution in [2.45, 2.75) is 53.9 Å². The first-order valence-corrected chi connectivity index (χ1v) is 7.96. The summed E-state index contributed by atoms with van der Waals surface area (Å²) in [6, 6.07) is 15.9. The molecule has 112 valence electrons. The van der Waals surface area contributed by atoms with Gasteiger partial charge in [0.25, 0.3) is 0 Å². The predicted octanol–water partition coefficient (Wildman–Crippen LogP) is 6.37. The van der Waals surface area contributed by atoms with Gasteiger partial charge in [0, 0.05) is 0 Å². The zero-order chi connectivity index (χ0) is 15.6. The Morgan fingerprint density at radius 2 is 1.43 bits per heavy atom. The molecule has 0 saturated heterocycles. The molecule has 0 saturated carbocycles. The van der Waals surface area contributed by atoms with E-state index in [1.165, 1.54) is 27.8 Å². The first-order valence-electron chi connectivity index (χ1n) is 7.96. The smallest absolute Gasteiger partial charge is 0.0181 e. The molecule has 2 rings (SSSR count). The van der Waals surface area contributed by atoms with E-state index in [2.05, 4.69) is 84.0 Å². The first kappa shape index (κ1) is 15.8. The van der Waals surface area contributed by atoms with Crippen LogP contribution in [0, 0.1) is 12.3 Å². The summed E-state index contributed by atoms with van der Waals surface area (Å²) < 4.78 is 0. The molecule has 0 atom stereocenters. The van der Waals surface area contributed by atoms with Crippen LogP contribution in [0.3, 0.4) is 0 Å². The fraction of sp³-hybridized carbons (Fsp3) is 0.429. The summed E-state index contributed by atoms with van der Waals surface area (Å²) in [5, 5.41) is 0. The van der Waals surface area contributed by atoms with Crippen LogP contribution in [0.15, 0.2) is 42.5 Å². The molecule has 0 aromatic heterocycles. The van der Waals surface area contributed by atoms with Crippen molar-refractivity contribution in [1.82, 2.24) is 0 Å². The molecule has 0 nitrogen and oxygen atoms in total. The summed E-state index contributed by atoms with van der Waals surface area (Å²) in [6.07, 6.45) is 1.12. The zero-order valence-corrected chi connectivity index (χ0v) is 14.3. The second kappa shape index (κ2) is 6.05. The lowest BCUT2D eigenvalue weighted by molar-refractivity contribution is 0.411. The average molecular weight is 280 g/mol. The fourth-order valence-electron chi connectivity index (χ4n) is 2.87. The highest BCUT2D eigenvalue weighted by molar-refractivity contribution is 5.65. The third kappa shape index (κ3) is 4.20. The molecule has 0 heteroatoms. The molecular weight excluding hydrogens is 252 g/mol. The maximum atomic E-state index is 2.35. The summed E-state index contributed by atoms with van der Waals surface area (Å²) in [7, 11) is 0. The summed E-state index contributed by atoms with van der Waals surface area (Å²) >= 11 is 0. The van der Waals surface area contributed by atoms with Crippen molar-refractivity contribution in [3.63, 3.8) is 0 Å². The van der Waals surface area contributed by atoms with E-state index in [9.17, 15) is 0 Å². The summed E-state index contributed by atoms with van der Waals surface area (Å²) in [5.41, 5.74) is 7.24. The summed E-state index contributed by atoms with van der Waals surface area (Å²) in [4.78, 5) is 0. The molecule has 21 heavy (non-hydrogen) atoms. The van der Waals surface area contributed by atoms with Crippen molar-refractivity contribution in [3.8, 4) is 11.1 Å². The van der Waals surface area contributed by atoms with Gasteiger partial charge in [0.05, 0.1) is 0 Å². The Morgan fingerprint density at radius 3 is 1.95 bits per heavy atom. The van der Waals surface area contributed by atoms with Gasteiger partial charge in [-0.05, 0) is 52.5 Å². The first-order chi connectivity index (χ1) is 9.76. The van der Waals surface area contributed by atoms with Gasteiger partial charge < -0.3 is 0 Å². The van der Waals surface area contributed by atoms with E-state index in [0.717, 1.165) is 6.42 Å². The van der Waals surface area contributed by atoms with Gasteiger partial charge in [-0.25, -0.2) is 0 Å². The van der Waals surface area contributed by atoms with Crippen LogP contribution < -0.4 is 0 Å². The monoisotopic (exact) mass is 280 g/mol. The van der Waals surface area contributed by atoms with Crippen LogP contribution in [-0.4, -0.2) is 0 Å². The van der Waals surface area contributed by atoms with Crippen LogP contribution >= 0.6 is 0 Å². The largest absolute Gasteiger partial charge is 0.0599 e. The Kier molecular flexibility index (Phi) is 4.56. The molecular formula is C21H28. The lowest BCUT2D eigenvalue weighted by Gasteiger charge is -2.18. The third-order valence-electron chi connectivity index (χ3n) is 3.92. The predicted molar refractivity (Wildman–Crippen MR) is 93.9 cm³/mol. The highest BCUT2D eigenvalue weighted by Gasteiger charge is 2.11. The number of aryl methyl sites for hydroxylation is 1. The molecule has 0 fully saturated rings. The van der Waals surface area contributed by atoms with Crippen LogP contribution in [0.1, 0.15) is 57.2 Å². The lowest BCUT2D eigenvalue weighted by Crippen LogP contribution is -2.08. The second-order valence-electron chi connectivity index (χ2n) is 7.66. The minimum atomic E-state index is 0.343. The Balaban J connectivity index is 2.29. The van der Waals surface area contributed by atoms with Gasteiger partial charge in [-0.2, -0.15) is 0 Å². The second-order valence-corrected chi connectivity index (χ2v) is 7.66. The fourth-order valence-corrected chi connectivity index (χ4v) is 2.87. The molecule has 0 aliphatic rings.